The first-order chi connectivity index (χ1) is 9.56. The maximum atomic E-state index is 10.5. The molecule has 0 aliphatic rings. The van der Waals surface area contributed by atoms with Crippen molar-refractivity contribution in [2.24, 2.45) is 0 Å². The summed E-state index contributed by atoms with van der Waals surface area (Å²) in [6.07, 6.45) is 0. The van der Waals surface area contributed by atoms with Gasteiger partial charge in [0, 0.05) is 35.4 Å². The molecule has 0 N–H and O–H groups in total. The zero-order valence-corrected chi connectivity index (χ0v) is 10.1. The fraction of sp³-hybridized carbons (Fsp3) is 0. The zero-order chi connectivity index (χ0) is 14.5. The van der Waals surface area contributed by atoms with Crippen LogP contribution in [0.2, 0.25) is 0 Å². The highest BCUT2D eigenvalue weighted by molar-refractivity contribution is 5.47. The molecule has 2 rings (SSSR count). The van der Waals surface area contributed by atoms with Gasteiger partial charge in [-0.1, -0.05) is 11.8 Å². The van der Waals surface area contributed by atoms with E-state index < -0.39 is 9.85 Å². The molecule has 0 atom stereocenters. The Morgan fingerprint density at radius 3 is 1.20 bits per heavy atom. The number of nitrogens with zero attached hydrogens (tertiary/aromatic N) is 2. The van der Waals surface area contributed by atoms with Crippen LogP contribution in [0.4, 0.5) is 11.4 Å². The third-order valence-corrected chi connectivity index (χ3v) is 2.51. The van der Waals surface area contributed by atoms with Crippen LogP contribution >= 0.6 is 0 Å². The average molecular weight is 268 g/mol. The topological polar surface area (TPSA) is 86.3 Å². The van der Waals surface area contributed by atoms with Crippen LogP contribution in [-0.4, -0.2) is 9.85 Å². The van der Waals surface area contributed by atoms with Gasteiger partial charge < -0.3 is 0 Å². The molecule has 2 aromatic carbocycles. The summed E-state index contributed by atoms with van der Waals surface area (Å²) in [6.45, 7) is 0. The highest BCUT2D eigenvalue weighted by Crippen LogP contribution is 2.12. The summed E-state index contributed by atoms with van der Waals surface area (Å²) < 4.78 is 0. The van der Waals surface area contributed by atoms with Crippen molar-refractivity contribution in [1.82, 2.24) is 0 Å². The van der Waals surface area contributed by atoms with E-state index in [0.717, 1.165) is 0 Å². The number of rotatable bonds is 2. The van der Waals surface area contributed by atoms with Gasteiger partial charge in [0.25, 0.3) is 11.4 Å². The summed E-state index contributed by atoms with van der Waals surface area (Å²) in [5, 5.41) is 21.0. The van der Waals surface area contributed by atoms with Gasteiger partial charge in [0.2, 0.25) is 0 Å². The fourth-order valence-corrected chi connectivity index (χ4v) is 1.48. The van der Waals surface area contributed by atoms with Crippen LogP contribution in [0, 0.1) is 32.1 Å². The van der Waals surface area contributed by atoms with Crippen molar-refractivity contribution >= 4 is 11.4 Å². The molecule has 0 saturated carbocycles. The van der Waals surface area contributed by atoms with Crippen LogP contribution in [0.15, 0.2) is 48.5 Å². The van der Waals surface area contributed by atoms with Gasteiger partial charge in [-0.2, -0.15) is 0 Å². The highest BCUT2D eigenvalue weighted by Gasteiger charge is 2.03. The van der Waals surface area contributed by atoms with Crippen LogP contribution in [-0.2, 0) is 0 Å². The zero-order valence-electron chi connectivity index (χ0n) is 10.1. The van der Waals surface area contributed by atoms with E-state index in [1.54, 1.807) is 24.3 Å². The molecule has 2 aromatic rings. The molecule has 6 nitrogen and oxygen atoms in total. The van der Waals surface area contributed by atoms with Crippen LogP contribution in [0.1, 0.15) is 11.1 Å². The van der Waals surface area contributed by atoms with E-state index in [1.807, 2.05) is 0 Å². The molecule has 0 saturated heterocycles. The van der Waals surface area contributed by atoms with Crippen molar-refractivity contribution in [3.8, 4) is 11.8 Å². The Morgan fingerprint density at radius 1 is 0.650 bits per heavy atom. The average Bonchev–Trinajstić information content (AvgIpc) is 2.46. The predicted octanol–water partition coefficient (Wildman–Crippen LogP) is 2.90. The lowest BCUT2D eigenvalue weighted by Gasteiger charge is -1.92. The molecule has 0 aromatic heterocycles. The lowest BCUT2D eigenvalue weighted by molar-refractivity contribution is -0.385. The molecule has 6 heteroatoms. The minimum atomic E-state index is -0.479. The third-order valence-electron chi connectivity index (χ3n) is 2.51. The van der Waals surface area contributed by atoms with E-state index in [1.165, 1.54) is 24.3 Å². The fourth-order valence-electron chi connectivity index (χ4n) is 1.48. The maximum Gasteiger partial charge on any atom is 0.269 e. The maximum absolute atomic E-state index is 10.5. The van der Waals surface area contributed by atoms with E-state index in [0.29, 0.717) is 11.1 Å². The molecule has 98 valence electrons. The van der Waals surface area contributed by atoms with Gasteiger partial charge in [-0.25, -0.2) is 0 Å². The smallest absolute Gasteiger partial charge is 0.258 e. The van der Waals surface area contributed by atoms with Crippen molar-refractivity contribution in [2.75, 3.05) is 0 Å². The summed E-state index contributed by atoms with van der Waals surface area (Å²) in [5.74, 6) is 5.67. The number of benzene rings is 2. The van der Waals surface area contributed by atoms with Gasteiger partial charge in [-0.05, 0) is 24.3 Å². The second-order valence-corrected chi connectivity index (χ2v) is 3.86. The van der Waals surface area contributed by atoms with E-state index >= 15 is 0 Å². The molecule has 0 radical (unpaired) electrons. The summed E-state index contributed by atoms with van der Waals surface area (Å²) in [5.41, 5.74) is 1.28. The lowest BCUT2D eigenvalue weighted by atomic mass is 10.1. The predicted molar refractivity (Wildman–Crippen MR) is 72.2 cm³/mol. The van der Waals surface area contributed by atoms with E-state index in [9.17, 15) is 20.2 Å². The summed E-state index contributed by atoms with van der Waals surface area (Å²) >= 11 is 0. The van der Waals surface area contributed by atoms with Crippen molar-refractivity contribution < 1.29 is 9.85 Å². The summed E-state index contributed by atoms with van der Waals surface area (Å²) in [4.78, 5) is 20.0. The molecule has 20 heavy (non-hydrogen) atoms. The van der Waals surface area contributed by atoms with Gasteiger partial charge >= 0.3 is 0 Å². The first-order valence-electron chi connectivity index (χ1n) is 5.57. The van der Waals surface area contributed by atoms with Gasteiger partial charge in [0.05, 0.1) is 9.85 Å². The first-order valence-corrected chi connectivity index (χ1v) is 5.57. The summed E-state index contributed by atoms with van der Waals surface area (Å²) in [7, 11) is 0. The van der Waals surface area contributed by atoms with Crippen LogP contribution in [0.3, 0.4) is 0 Å². The molecule has 0 aliphatic carbocycles. The molecule has 0 aliphatic heterocycles. The van der Waals surface area contributed by atoms with Gasteiger partial charge in [-0.15, -0.1) is 0 Å². The SMILES string of the molecule is O=[N+]([O-])c1ccc(C#Cc2ccc([N+](=O)[O-])cc2)cc1. The Morgan fingerprint density at radius 2 is 0.950 bits per heavy atom. The molecule has 0 unspecified atom stereocenters. The van der Waals surface area contributed by atoms with Crippen LogP contribution in [0.5, 0.6) is 0 Å². The Kier molecular flexibility index (Phi) is 3.72. The minimum Gasteiger partial charge on any atom is -0.258 e. The van der Waals surface area contributed by atoms with Crippen molar-refractivity contribution in [1.29, 1.82) is 0 Å². The highest BCUT2D eigenvalue weighted by atomic mass is 16.6. The van der Waals surface area contributed by atoms with Crippen molar-refractivity contribution in [3.63, 3.8) is 0 Å². The standard InChI is InChI=1S/C14H8N2O4/c17-15(18)13-7-3-11(4-8-13)1-2-12-5-9-14(10-6-12)16(19)20/h3-10H. The second-order valence-electron chi connectivity index (χ2n) is 3.86. The molecular weight excluding hydrogens is 260 g/mol. The lowest BCUT2D eigenvalue weighted by Crippen LogP contribution is -1.87. The quantitative estimate of drug-likeness (QED) is 0.476. The van der Waals surface area contributed by atoms with Crippen molar-refractivity contribution in [3.05, 3.63) is 79.9 Å². The normalized spacial score (nSPS) is 9.40. The van der Waals surface area contributed by atoms with Gasteiger partial charge in [0.15, 0.2) is 0 Å². The van der Waals surface area contributed by atoms with E-state index in [2.05, 4.69) is 11.8 Å². The van der Waals surface area contributed by atoms with Crippen molar-refractivity contribution in [2.45, 2.75) is 0 Å². The number of non-ortho nitro benzene ring substituents is 2. The molecule has 0 spiro atoms. The molecule has 0 fully saturated rings. The largest absolute Gasteiger partial charge is 0.269 e. The Hall–Kier alpha value is -3.20. The Bertz CT molecular complexity index is 648. The van der Waals surface area contributed by atoms with E-state index in [4.69, 9.17) is 0 Å². The Balaban J connectivity index is 2.17. The molecule has 0 amide bonds. The second kappa shape index (κ2) is 5.63. The van der Waals surface area contributed by atoms with Gasteiger partial charge in [-0.3, -0.25) is 20.2 Å². The first kappa shape index (κ1) is 13.2. The number of nitro benzene ring substituents is 2. The molecular formula is C14H8N2O4. The van der Waals surface area contributed by atoms with Crippen LogP contribution in [0.25, 0.3) is 0 Å². The Labute approximate surface area is 114 Å². The van der Waals surface area contributed by atoms with Gasteiger partial charge in [0.1, 0.15) is 0 Å². The monoisotopic (exact) mass is 268 g/mol. The van der Waals surface area contributed by atoms with E-state index in [-0.39, 0.29) is 11.4 Å². The number of hydrogen-bond donors (Lipinski definition) is 0. The number of hydrogen-bond acceptors (Lipinski definition) is 4. The van der Waals surface area contributed by atoms with Crippen LogP contribution < -0.4 is 0 Å². The molecule has 0 bridgehead atoms. The number of nitro groups is 2. The third kappa shape index (κ3) is 3.17. The minimum absolute atomic E-state index is 0.00545. The summed E-state index contributed by atoms with van der Waals surface area (Å²) in [6, 6.07) is 11.7. The molecule has 0 heterocycles.